The molecule has 2 rings (SSSR count). The number of hydrogen-bond acceptors (Lipinski definition) is 3. The number of carbonyl (C=O) groups excluding carboxylic acids is 1. The van der Waals surface area contributed by atoms with Gasteiger partial charge in [-0.3, -0.25) is 4.79 Å². The van der Waals surface area contributed by atoms with Crippen molar-refractivity contribution in [2.75, 3.05) is 13.1 Å². The Morgan fingerprint density at radius 2 is 2.29 bits per heavy atom. The molecule has 0 radical (unpaired) electrons. The molecular weight excluding hydrogens is 324 g/mol. The van der Waals surface area contributed by atoms with E-state index >= 15 is 0 Å². The van der Waals surface area contributed by atoms with Crippen molar-refractivity contribution in [2.24, 2.45) is 5.92 Å². The van der Waals surface area contributed by atoms with Crippen molar-refractivity contribution in [1.29, 1.82) is 0 Å². The first kappa shape index (κ1) is 13.3. The molecule has 1 aromatic rings. The lowest BCUT2D eigenvalue weighted by atomic mass is 10.4. The molecule has 94 valence electrons. The van der Waals surface area contributed by atoms with E-state index < -0.39 is 0 Å². The zero-order valence-electron chi connectivity index (χ0n) is 9.26. The van der Waals surface area contributed by atoms with Crippen LogP contribution in [0.3, 0.4) is 0 Å². The zero-order chi connectivity index (χ0) is 12.3. The highest BCUT2D eigenvalue weighted by Gasteiger charge is 2.28. The Balaban J connectivity index is 1.58. The third-order valence-electron chi connectivity index (χ3n) is 2.54. The Morgan fingerprint density at radius 3 is 2.88 bits per heavy atom. The number of hydrogen-bond donors (Lipinski definition) is 2. The second-order valence-corrected chi connectivity index (χ2v) is 6.67. The van der Waals surface area contributed by atoms with Crippen molar-refractivity contribution >= 4 is 44.8 Å². The van der Waals surface area contributed by atoms with Gasteiger partial charge in [0.2, 0.25) is 5.91 Å². The zero-order valence-corrected chi connectivity index (χ0v) is 12.4. The fourth-order valence-electron chi connectivity index (χ4n) is 1.45. The highest BCUT2D eigenvalue weighted by atomic mass is 79.9. The lowest BCUT2D eigenvalue weighted by Gasteiger charge is -2.05. The molecule has 0 atom stereocenters. The molecule has 17 heavy (non-hydrogen) atoms. The molecule has 1 saturated carbocycles. The maximum atomic E-state index is 11.3. The summed E-state index contributed by atoms with van der Waals surface area (Å²) in [6.45, 7) is 2.26. The standard InChI is InChI=1S/C11H14BrClN2OS/c12-9-5-8(17-10(9)13)6-14-3-4-15-11(16)7-1-2-7/h5,7,14H,1-4,6H2,(H,15,16). The number of halogens is 2. The van der Waals surface area contributed by atoms with Gasteiger partial charge in [-0.2, -0.15) is 0 Å². The van der Waals surface area contributed by atoms with E-state index in [0.29, 0.717) is 12.5 Å². The topological polar surface area (TPSA) is 41.1 Å². The summed E-state index contributed by atoms with van der Waals surface area (Å²) in [7, 11) is 0. The van der Waals surface area contributed by atoms with Crippen molar-refractivity contribution in [3.63, 3.8) is 0 Å². The highest BCUT2D eigenvalue weighted by molar-refractivity contribution is 9.10. The van der Waals surface area contributed by atoms with Crippen LogP contribution in [0.5, 0.6) is 0 Å². The van der Waals surface area contributed by atoms with Crippen molar-refractivity contribution in [2.45, 2.75) is 19.4 Å². The predicted molar refractivity (Wildman–Crippen MR) is 74.5 cm³/mol. The summed E-state index contributed by atoms with van der Waals surface area (Å²) in [6.07, 6.45) is 2.11. The third kappa shape index (κ3) is 4.25. The molecule has 0 saturated heterocycles. The fraction of sp³-hybridized carbons (Fsp3) is 0.545. The van der Waals surface area contributed by atoms with E-state index in [2.05, 4.69) is 26.6 Å². The van der Waals surface area contributed by atoms with Crippen molar-refractivity contribution in [3.8, 4) is 0 Å². The maximum absolute atomic E-state index is 11.3. The van der Waals surface area contributed by atoms with Gasteiger partial charge in [0.1, 0.15) is 4.34 Å². The lowest BCUT2D eigenvalue weighted by Crippen LogP contribution is -2.32. The van der Waals surface area contributed by atoms with Gasteiger partial charge in [-0.1, -0.05) is 11.6 Å². The Morgan fingerprint density at radius 1 is 1.53 bits per heavy atom. The van der Waals surface area contributed by atoms with Crippen molar-refractivity contribution in [1.82, 2.24) is 10.6 Å². The minimum Gasteiger partial charge on any atom is -0.355 e. The van der Waals surface area contributed by atoms with Gasteiger partial charge in [-0.05, 0) is 34.8 Å². The Kier molecular flexibility index (Phi) is 4.85. The van der Waals surface area contributed by atoms with Crippen LogP contribution in [-0.2, 0) is 11.3 Å². The Bertz CT molecular complexity index is 387. The molecule has 0 bridgehead atoms. The number of thiophene rings is 1. The van der Waals surface area contributed by atoms with E-state index in [-0.39, 0.29) is 5.91 Å². The van der Waals surface area contributed by atoms with E-state index in [1.807, 2.05) is 6.07 Å². The summed E-state index contributed by atoms with van der Waals surface area (Å²) in [5, 5.41) is 6.19. The number of rotatable bonds is 6. The number of nitrogens with one attached hydrogen (secondary N) is 2. The first-order valence-electron chi connectivity index (χ1n) is 5.59. The molecule has 2 N–H and O–H groups in total. The molecule has 6 heteroatoms. The molecule has 0 aromatic carbocycles. The molecule has 1 heterocycles. The quantitative estimate of drug-likeness (QED) is 0.784. The van der Waals surface area contributed by atoms with E-state index in [4.69, 9.17) is 11.6 Å². The monoisotopic (exact) mass is 336 g/mol. The smallest absolute Gasteiger partial charge is 0.223 e. The molecule has 0 spiro atoms. The highest BCUT2D eigenvalue weighted by Crippen LogP contribution is 2.31. The SMILES string of the molecule is O=C(NCCNCc1cc(Br)c(Cl)s1)C1CC1. The van der Waals surface area contributed by atoms with Crippen LogP contribution in [0.15, 0.2) is 10.5 Å². The molecule has 1 aliphatic carbocycles. The van der Waals surface area contributed by atoms with E-state index in [1.54, 1.807) is 11.3 Å². The lowest BCUT2D eigenvalue weighted by molar-refractivity contribution is -0.122. The second-order valence-electron chi connectivity index (χ2n) is 4.08. The Labute approximate surface area is 118 Å². The molecule has 1 aliphatic rings. The van der Waals surface area contributed by atoms with E-state index in [9.17, 15) is 4.79 Å². The van der Waals surface area contributed by atoms with Gasteiger partial charge in [0.25, 0.3) is 0 Å². The van der Waals surface area contributed by atoms with Gasteiger partial charge in [-0.15, -0.1) is 11.3 Å². The van der Waals surface area contributed by atoms with Gasteiger partial charge in [0.15, 0.2) is 0 Å². The van der Waals surface area contributed by atoms with E-state index in [0.717, 1.165) is 34.7 Å². The van der Waals surface area contributed by atoms with Gasteiger partial charge in [0, 0.05) is 34.9 Å². The molecule has 0 unspecified atom stereocenters. The van der Waals surface area contributed by atoms with Gasteiger partial charge in [-0.25, -0.2) is 0 Å². The normalized spacial score (nSPS) is 14.9. The summed E-state index contributed by atoms with van der Waals surface area (Å²) in [5.74, 6) is 0.496. The minimum atomic E-state index is 0.203. The van der Waals surface area contributed by atoms with Gasteiger partial charge in [0.05, 0.1) is 0 Å². The third-order valence-corrected chi connectivity index (χ3v) is 5.02. The van der Waals surface area contributed by atoms with Gasteiger partial charge < -0.3 is 10.6 Å². The average molecular weight is 338 g/mol. The summed E-state index contributed by atoms with van der Waals surface area (Å²) >= 11 is 10.9. The molecule has 3 nitrogen and oxygen atoms in total. The predicted octanol–water partition coefficient (Wildman–Crippen LogP) is 2.78. The van der Waals surface area contributed by atoms with Crippen LogP contribution in [0.25, 0.3) is 0 Å². The van der Waals surface area contributed by atoms with Crippen molar-refractivity contribution in [3.05, 3.63) is 19.8 Å². The van der Waals surface area contributed by atoms with Crippen LogP contribution in [0.1, 0.15) is 17.7 Å². The molecule has 0 aliphatic heterocycles. The first-order chi connectivity index (χ1) is 8.16. The fourth-order valence-corrected chi connectivity index (χ4v) is 3.21. The second kappa shape index (κ2) is 6.18. The van der Waals surface area contributed by atoms with Crippen LogP contribution < -0.4 is 10.6 Å². The van der Waals surface area contributed by atoms with Crippen LogP contribution in [0.2, 0.25) is 4.34 Å². The van der Waals surface area contributed by atoms with Crippen LogP contribution in [-0.4, -0.2) is 19.0 Å². The van der Waals surface area contributed by atoms with Crippen LogP contribution in [0.4, 0.5) is 0 Å². The maximum Gasteiger partial charge on any atom is 0.223 e. The number of amides is 1. The van der Waals surface area contributed by atoms with Gasteiger partial charge >= 0.3 is 0 Å². The molecular formula is C11H14BrClN2OS. The summed E-state index contributed by atoms with van der Waals surface area (Å²) < 4.78 is 1.73. The summed E-state index contributed by atoms with van der Waals surface area (Å²) in [5.41, 5.74) is 0. The summed E-state index contributed by atoms with van der Waals surface area (Å²) in [6, 6.07) is 2.02. The minimum absolute atomic E-state index is 0.203. The molecule has 1 aromatic heterocycles. The summed E-state index contributed by atoms with van der Waals surface area (Å²) in [4.78, 5) is 12.5. The molecule has 1 fully saturated rings. The Hall–Kier alpha value is -0.100. The largest absolute Gasteiger partial charge is 0.355 e. The first-order valence-corrected chi connectivity index (χ1v) is 7.57. The van der Waals surface area contributed by atoms with E-state index in [1.165, 1.54) is 4.88 Å². The van der Waals surface area contributed by atoms with Crippen LogP contribution in [0, 0.1) is 5.92 Å². The number of carbonyl (C=O) groups is 1. The average Bonchev–Trinajstić information content (AvgIpc) is 3.07. The molecule has 1 amide bonds. The van der Waals surface area contributed by atoms with Crippen LogP contribution >= 0.6 is 38.9 Å². The van der Waals surface area contributed by atoms with Crippen molar-refractivity contribution < 1.29 is 4.79 Å².